The zero-order chi connectivity index (χ0) is 29.5. The van der Waals surface area contributed by atoms with Crippen LogP contribution in [0.4, 0.5) is 27.1 Å². The minimum Gasteiger partial charge on any atom is -0.379 e. The van der Waals surface area contributed by atoms with Gasteiger partial charge in [-0.2, -0.15) is 0 Å². The van der Waals surface area contributed by atoms with Gasteiger partial charge in [0.2, 0.25) is 0 Å². The molecule has 0 spiro atoms. The molecule has 12 heteroatoms. The smallest absolute Gasteiger partial charge is 0.292 e. The molecule has 2 aliphatic rings. The second kappa shape index (κ2) is 10.9. The third-order valence-corrected chi connectivity index (χ3v) is 11.0. The van der Waals surface area contributed by atoms with Crippen molar-refractivity contribution in [3.8, 4) is 0 Å². The lowest BCUT2D eigenvalue weighted by Crippen LogP contribution is -2.40. The first kappa shape index (κ1) is 28.7. The first-order valence-corrected chi connectivity index (χ1v) is 15.0. The van der Waals surface area contributed by atoms with Crippen molar-refractivity contribution >= 4 is 41.4 Å². The number of carbonyl (C=O) groups is 1. The Kier molecular flexibility index (Phi) is 7.63. The molecule has 0 aromatic heterocycles. The van der Waals surface area contributed by atoms with Crippen molar-refractivity contribution in [3.05, 3.63) is 87.7 Å². The van der Waals surface area contributed by atoms with E-state index in [1.54, 1.807) is 16.8 Å². The van der Waals surface area contributed by atoms with Gasteiger partial charge >= 0.3 is 0 Å². The number of nitro groups is 1. The maximum atomic E-state index is 15.4. The predicted octanol–water partition coefficient (Wildman–Crippen LogP) is 5.36. The topological polar surface area (TPSA) is 117 Å². The average molecular weight is 582 g/mol. The van der Waals surface area contributed by atoms with Crippen molar-refractivity contribution in [2.45, 2.75) is 32.2 Å². The van der Waals surface area contributed by atoms with Crippen LogP contribution in [0.5, 0.6) is 0 Å². The fraction of sp³-hybridized carbons (Fsp3) is 0.345. The van der Waals surface area contributed by atoms with E-state index in [0.29, 0.717) is 37.3 Å². The summed E-state index contributed by atoms with van der Waals surface area (Å²) in [6.07, 6.45) is 0. The summed E-state index contributed by atoms with van der Waals surface area (Å²) in [4.78, 5) is 26.8. The monoisotopic (exact) mass is 581 g/mol. The summed E-state index contributed by atoms with van der Waals surface area (Å²) in [6, 6.07) is 15.0. The van der Waals surface area contributed by atoms with Gasteiger partial charge in [0.1, 0.15) is 11.5 Å². The Bertz CT molecular complexity index is 1540. The Balaban J connectivity index is 1.71. The molecular formula is C29H33FN5O5P. The lowest BCUT2D eigenvalue weighted by atomic mass is 9.81. The number of ether oxygens (including phenoxy) is 1. The van der Waals surface area contributed by atoms with Crippen LogP contribution >= 0.6 is 7.44 Å². The number of halogens is 1. The van der Waals surface area contributed by atoms with E-state index in [1.807, 2.05) is 19.2 Å². The Morgan fingerprint density at radius 3 is 2.41 bits per heavy atom. The molecule has 3 aromatic carbocycles. The van der Waals surface area contributed by atoms with Crippen LogP contribution in [-0.4, -0.2) is 54.9 Å². The maximum Gasteiger partial charge on any atom is 0.292 e. The SMILES string of the molecule is C[C@H]1N(C)c2cc(NC(=O)c3ccc(F)cc3)c([P@](=O)(Nc3ccccc3[N+](=O)[O-])N3CCOCC3)cc2C1(C)C. The van der Waals surface area contributed by atoms with Crippen LogP contribution in [0.3, 0.4) is 0 Å². The number of para-hydroxylation sites is 2. The van der Waals surface area contributed by atoms with E-state index in [0.717, 1.165) is 11.3 Å². The summed E-state index contributed by atoms with van der Waals surface area (Å²) in [6.45, 7) is 7.60. The van der Waals surface area contributed by atoms with Gasteiger partial charge in [0.25, 0.3) is 19.0 Å². The zero-order valence-corrected chi connectivity index (χ0v) is 24.3. The van der Waals surface area contributed by atoms with Gasteiger partial charge in [-0.15, -0.1) is 0 Å². The highest BCUT2D eigenvalue weighted by molar-refractivity contribution is 7.71. The molecule has 216 valence electrons. The number of nitrogens with one attached hydrogen (secondary N) is 2. The summed E-state index contributed by atoms with van der Waals surface area (Å²) in [5.74, 6) is -0.971. The Morgan fingerprint density at radius 2 is 1.76 bits per heavy atom. The van der Waals surface area contributed by atoms with Crippen molar-refractivity contribution in [2.24, 2.45) is 0 Å². The van der Waals surface area contributed by atoms with Gasteiger partial charge in [-0.05, 0) is 55.0 Å². The van der Waals surface area contributed by atoms with Crippen LogP contribution in [0, 0.1) is 15.9 Å². The lowest BCUT2D eigenvalue weighted by Gasteiger charge is -2.36. The number of benzene rings is 3. The zero-order valence-electron chi connectivity index (χ0n) is 23.4. The summed E-state index contributed by atoms with van der Waals surface area (Å²) >= 11 is 0. The highest BCUT2D eigenvalue weighted by atomic mass is 31.2. The molecule has 1 amide bonds. The largest absolute Gasteiger partial charge is 0.379 e. The first-order valence-electron chi connectivity index (χ1n) is 13.4. The summed E-state index contributed by atoms with van der Waals surface area (Å²) in [7, 11) is -1.88. The Morgan fingerprint density at radius 1 is 1.10 bits per heavy atom. The molecule has 3 aromatic rings. The predicted molar refractivity (Wildman–Crippen MR) is 158 cm³/mol. The first-order chi connectivity index (χ1) is 19.4. The van der Waals surface area contributed by atoms with E-state index in [2.05, 4.69) is 36.1 Å². The number of hydrogen-bond acceptors (Lipinski definition) is 6. The molecule has 1 fully saturated rings. The standard InChI is InChI=1S/C29H33FN5O5P/c1-19-29(2,3)22-17-27(24(18-26(22)33(19)4)31-28(36)20-9-11-21(30)12-10-20)41(39,34-13-15-40-16-14-34)32-23-7-5-6-8-25(23)35(37)38/h5-12,17-19H,13-16H2,1-4H3,(H,31,36)(H,32,39)/t19-,41+/m1/s1. The second-order valence-electron chi connectivity index (χ2n) is 10.9. The van der Waals surface area contributed by atoms with E-state index >= 15 is 4.57 Å². The fourth-order valence-corrected chi connectivity index (χ4v) is 8.02. The van der Waals surface area contributed by atoms with Gasteiger partial charge in [-0.25, -0.2) is 9.06 Å². The Labute approximate surface area is 238 Å². The third-order valence-electron chi connectivity index (χ3n) is 8.25. The minimum absolute atomic E-state index is 0.0966. The number of anilines is 3. The minimum atomic E-state index is -3.85. The van der Waals surface area contributed by atoms with Crippen molar-refractivity contribution < 1.29 is 23.4 Å². The molecule has 2 atom stereocenters. The van der Waals surface area contributed by atoms with Gasteiger partial charge in [0, 0.05) is 48.9 Å². The fourth-order valence-electron chi connectivity index (χ4n) is 5.46. The second-order valence-corrected chi connectivity index (χ2v) is 13.3. The number of nitro benzene ring substituents is 1. The van der Waals surface area contributed by atoms with E-state index in [-0.39, 0.29) is 28.4 Å². The Hall–Kier alpha value is -3.79. The average Bonchev–Trinajstić information content (AvgIpc) is 3.12. The normalized spacial score (nSPS) is 19.7. The van der Waals surface area contributed by atoms with Crippen LogP contribution in [-0.2, 0) is 14.7 Å². The maximum absolute atomic E-state index is 15.4. The molecule has 10 nitrogen and oxygen atoms in total. The summed E-state index contributed by atoms with van der Waals surface area (Å²) < 4.78 is 36.2. The number of likely N-dealkylation sites (N-methyl/N-ethyl adjacent to an activating group) is 1. The molecule has 0 radical (unpaired) electrons. The van der Waals surface area contributed by atoms with Crippen LogP contribution in [0.15, 0.2) is 60.7 Å². The number of hydrogen-bond donors (Lipinski definition) is 2. The number of amides is 1. The molecule has 0 saturated carbocycles. The number of nitrogens with zero attached hydrogens (tertiary/aromatic N) is 3. The van der Waals surface area contributed by atoms with E-state index in [9.17, 15) is 19.3 Å². The molecule has 1 saturated heterocycles. The van der Waals surface area contributed by atoms with Crippen LogP contribution in [0.25, 0.3) is 0 Å². The van der Waals surface area contributed by atoms with Gasteiger partial charge in [0.15, 0.2) is 0 Å². The van der Waals surface area contributed by atoms with Crippen molar-refractivity contribution in [2.75, 3.05) is 48.7 Å². The molecule has 41 heavy (non-hydrogen) atoms. The molecule has 0 aliphatic carbocycles. The van der Waals surface area contributed by atoms with Crippen LogP contribution in [0.2, 0.25) is 0 Å². The third kappa shape index (κ3) is 5.21. The molecular weight excluding hydrogens is 548 g/mol. The summed E-state index contributed by atoms with van der Waals surface area (Å²) in [5, 5.41) is 18.2. The lowest BCUT2D eigenvalue weighted by molar-refractivity contribution is -0.383. The molecule has 0 bridgehead atoms. The van der Waals surface area contributed by atoms with Gasteiger partial charge < -0.3 is 20.0 Å². The molecule has 5 rings (SSSR count). The van der Waals surface area contributed by atoms with E-state index in [4.69, 9.17) is 4.74 Å². The highest BCUT2D eigenvalue weighted by Crippen LogP contribution is 2.54. The van der Waals surface area contributed by atoms with Gasteiger partial charge in [-0.1, -0.05) is 26.0 Å². The van der Waals surface area contributed by atoms with Crippen molar-refractivity contribution in [3.63, 3.8) is 0 Å². The van der Waals surface area contributed by atoms with E-state index < -0.39 is 24.1 Å². The highest BCUT2D eigenvalue weighted by Gasteiger charge is 2.44. The van der Waals surface area contributed by atoms with Gasteiger partial charge in [-0.3, -0.25) is 19.5 Å². The number of rotatable bonds is 7. The molecule has 0 unspecified atom stereocenters. The number of fused-ring (bicyclic) bond motifs is 1. The van der Waals surface area contributed by atoms with Crippen molar-refractivity contribution in [1.82, 2.24) is 4.67 Å². The van der Waals surface area contributed by atoms with Crippen LogP contribution < -0.4 is 20.6 Å². The van der Waals surface area contributed by atoms with Gasteiger partial charge in [0.05, 0.1) is 29.1 Å². The molecule has 2 heterocycles. The quantitative estimate of drug-likeness (QED) is 0.218. The van der Waals surface area contributed by atoms with Crippen molar-refractivity contribution in [1.29, 1.82) is 0 Å². The number of carbonyl (C=O) groups excluding carboxylic acids is 1. The molecule has 2 N–H and O–H groups in total. The van der Waals surface area contributed by atoms with Crippen LogP contribution in [0.1, 0.15) is 36.7 Å². The van der Waals surface area contributed by atoms with E-state index in [1.165, 1.54) is 36.4 Å². The summed E-state index contributed by atoms with van der Waals surface area (Å²) in [5.41, 5.74) is 1.91. The number of morpholine rings is 1. The molecule has 2 aliphatic heterocycles.